The van der Waals surface area contributed by atoms with E-state index < -0.39 is 0 Å². The van der Waals surface area contributed by atoms with E-state index in [0.29, 0.717) is 0 Å². The lowest BCUT2D eigenvalue weighted by atomic mass is 10.1. The van der Waals surface area contributed by atoms with Crippen LogP contribution in [-0.4, -0.2) is 11.5 Å². The number of rotatable bonds is 9. The third-order valence-corrected chi connectivity index (χ3v) is 3.48. The lowest BCUT2D eigenvalue weighted by molar-refractivity contribution is 0.585. The Hall–Kier alpha value is -0.610. The highest BCUT2D eigenvalue weighted by Gasteiger charge is 2.02. The van der Waals surface area contributed by atoms with Gasteiger partial charge in [-0.05, 0) is 6.42 Å². The van der Waals surface area contributed by atoms with Crippen molar-refractivity contribution in [2.24, 2.45) is 5.84 Å². The third kappa shape index (κ3) is 5.47. The zero-order valence-electron chi connectivity index (χ0n) is 10.2. The van der Waals surface area contributed by atoms with Crippen molar-refractivity contribution in [1.82, 2.24) is 4.98 Å². The number of unbranched alkanes of at least 4 members (excludes halogenated alkanes) is 6. The first-order valence-electron chi connectivity index (χ1n) is 6.26. The number of nitrogens with two attached hydrogens (primary N) is 1. The highest BCUT2D eigenvalue weighted by Crippen LogP contribution is 2.15. The number of hydrazine groups is 1. The van der Waals surface area contributed by atoms with Crippen molar-refractivity contribution in [3.8, 4) is 0 Å². The summed E-state index contributed by atoms with van der Waals surface area (Å²) in [5, 5.41) is 4.64. The Kier molecular flexibility index (Phi) is 7.17. The van der Waals surface area contributed by atoms with Crippen LogP contribution in [0.25, 0.3) is 0 Å². The molecule has 0 aliphatic rings. The normalized spacial score (nSPS) is 10.6. The van der Waals surface area contributed by atoms with E-state index in [1.807, 2.05) is 5.38 Å². The number of nitrogens with zero attached hydrogens (tertiary/aromatic N) is 2. The van der Waals surface area contributed by atoms with Crippen molar-refractivity contribution in [2.45, 2.75) is 51.9 Å². The molecule has 0 unspecified atom stereocenters. The Bertz CT molecular complexity index is 249. The van der Waals surface area contributed by atoms with Crippen LogP contribution in [0.2, 0.25) is 0 Å². The van der Waals surface area contributed by atoms with Crippen molar-refractivity contribution in [1.29, 1.82) is 0 Å². The molecule has 0 aliphatic carbocycles. The van der Waals surface area contributed by atoms with Gasteiger partial charge in [-0.3, -0.25) is 5.01 Å². The van der Waals surface area contributed by atoms with Gasteiger partial charge in [0.2, 0.25) is 0 Å². The standard InChI is InChI=1S/C12H23N3S/c1-2-3-4-5-6-7-8-10-15(13)12-14-9-11-16-12/h9,11H,2-8,10,13H2,1H3. The predicted octanol–water partition coefficient (Wildman–Crippen LogP) is 3.57. The van der Waals surface area contributed by atoms with Gasteiger partial charge in [0, 0.05) is 18.1 Å². The second-order valence-corrected chi connectivity index (χ2v) is 5.00. The number of thiazole rings is 1. The second kappa shape index (κ2) is 8.53. The van der Waals surface area contributed by atoms with Gasteiger partial charge in [-0.25, -0.2) is 10.8 Å². The van der Waals surface area contributed by atoms with Crippen molar-refractivity contribution >= 4 is 16.5 Å². The largest absolute Gasteiger partial charge is 0.286 e. The van der Waals surface area contributed by atoms with Crippen molar-refractivity contribution < 1.29 is 0 Å². The fraction of sp³-hybridized carbons (Fsp3) is 0.750. The van der Waals surface area contributed by atoms with E-state index in [0.717, 1.165) is 11.7 Å². The van der Waals surface area contributed by atoms with Crippen LogP contribution in [0, 0.1) is 0 Å². The molecular weight excluding hydrogens is 218 g/mol. The fourth-order valence-electron chi connectivity index (χ4n) is 1.69. The van der Waals surface area contributed by atoms with Gasteiger partial charge in [-0.1, -0.05) is 45.4 Å². The molecule has 0 radical (unpaired) electrons. The molecule has 92 valence electrons. The Morgan fingerprint density at radius 1 is 1.19 bits per heavy atom. The average Bonchev–Trinajstić information content (AvgIpc) is 2.81. The summed E-state index contributed by atoms with van der Waals surface area (Å²) in [5.74, 6) is 5.88. The fourth-order valence-corrected chi connectivity index (χ4v) is 2.28. The van der Waals surface area contributed by atoms with Gasteiger partial charge >= 0.3 is 0 Å². The predicted molar refractivity (Wildman–Crippen MR) is 71.6 cm³/mol. The first-order chi connectivity index (χ1) is 7.84. The Morgan fingerprint density at radius 3 is 2.50 bits per heavy atom. The highest BCUT2D eigenvalue weighted by molar-refractivity contribution is 7.13. The van der Waals surface area contributed by atoms with Crippen molar-refractivity contribution in [2.75, 3.05) is 11.6 Å². The minimum atomic E-state index is 0.918. The lowest BCUT2D eigenvalue weighted by Gasteiger charge is -2.14. The third-order valence-electron chi connectivity index (χ3n) is 2.67. The minimum absolute atomic E-state index is 0.918. The summed E-state index contributed by atoms with van der Waals surface area (Å²) in [6.07, 6.45) is 11.0. The van der Waals surface area contributed by atoms with Crippen LogP contribution in [0.1, 0.15) is 51.9 Å². The Balaban J connectivity index is 1.95. The molecule has 0 aliphatic heterocycles. The van der Waals surface area contributed by atoms with Crippen LogP contribution >= 0.6 is 11.3 Å². The molecule has 3 nitrogen and oxygen atoms in total. The second-order valence-electron chi connectivity index (χ2n) is 4.13. The van der Waals surface area contributed by atoms with Gasteiger partial charge in [0.15, 0.2) is 5.13 Å². The van der Waals surface area contributed by atoms with E-state index >= 15 is 0 Å². The molecule has 0 atom stereocenters. The molecule has 4 heteroatoms. The maximum Gasteiger partial charge on any atom is 0.199 e. The first kappa shape index (κ1) is 13.5. The molecule has 1 aromatic heterocycles. The quantitative estimate of drug-likeness (QED) is 0.408. The molecule has 0 aromatic carbocycles. The van der Waals surface area contributed by atoms with Gasteiger partial charge in [-0.2, -0.15) is 0 Å². The van der Waals surface area contributed by atoms with Gasteiger partial charge in [0.25, 0.3) is 0 Å². The molecule has 0 saturated carbocycles. The molecule has 0 bridgehead atoms. The van der Waals surface area contributed by atoms with E-state index in [1.54, 1.807) is 22.5 Å². The summed E-state index contributed by atoms with van der Waals surface area (Å²) in [7, 11) is 0. The van der Waals surface area contributed by atoms with E-state index in [2.05, 4.69) is 11.9 Å². The molecule has 0 amide bonds. The molecule has 2 N–H and O–H groups in total. The average molecular weight is 241 g/mol. The zero-order valence-corrected chi connectivity index (χ0v) is 11.0. The Morgan fingerprint density at radius 2 is 1.88 bits per heavy atom. The molecule has 1 aromatic rings. The molecule has 16 heavy (non-hydrogen) atoms. The summed E-state index contributed by atoms with van der Waals surface area (Å²) in [5.41, 5.74) is 0. The highest BCUT2D eigenvalue weighted by atomic mass is 32.1. The van der Waals surface area contributed by atoms with Crippen LogP contribution in [-0.2, 0) is 0 Å². The van der Waals surface area contributed by atoms with E-state index in [4.69, 9.17) is 5.84 Å². The smallest absolute Gasteiger partial charge is 0.199 e. The molecule has 0 saturated heterocycles. The van der Waals surface area contributed by atoms with E-state index in [9.17, 15) is 0 Å². The maximum absolute atomic E-state index is 5.88. The molecule has 1 heterocycles. The number of aromatic nitrogens is 1. The van der Waals surface area contributed by atoms with Crippen LogP contribution in [0.3, 0.4) is 0 Å². The van der Waals surface area contributed by atoms with Gasteiger partial charge < -0.3 is 0 Å². The van der Waals surface area contributed by atoms with Crippen LogP contribution < -0.4 is 10.9 Å². The summed E-state index contributed by atoms with van der Waals surface area (Å²) in [4.78, 5) is 4.18. The lowest BCUT2D eigenvalue weighted by Crippen LogP contribution is -2.31. The summed E-state index contributed by atoms with van der Waals surface area (Å²) < 4.78 is 0. The van der Waals surface area contributed by atoms with Crippen LogP contribution in [0.5, 0.6) is 0 Å². The van der Waals surface area contributed by atoms with Crippen LogP contribution in [0.15, 0.2) is 11.6 Å². The topological polar surface area (TPSA) is 42.1 Å². The van der Waals surface area contributed by atoms with E-state index in [1.165, 1.54) is 44.9 Å². The first-order valence-corrected chi connectivity index (χ1v) is 7.14. The molecule has 0 spiro atoms. The number of hydrogen-bond acceptors (Lipinski definition) is 4. The summed E-state index contributed by atoms with van der Waals surface area (Å²) >= 11 is 1.60. The van der Waals surface area contributed by atoms with Gasteiger partial charge in [0.05, 0.1) is 0 Å². The van der Waals surface area contributed by atoms with Gasteiger partial charge in [-0.15, -0.1) is 11.3 Å². The molecule has 0 fully saturated rings. The number of anilines is 1. The van der Waals surface area contributed by atoms with Crippen LogP contribution in [0.4, 0.5) is 5.13 Å². The van der Waals surface area contributed by atoms with Crippen molar-refractivity contribution in [3.63, 3.8) is 0 Å². The number of hydrogen-bond donors (Lipinski definition) is 1. The molecule has 1 rings (SSSR count). The monoisotopic (exact) mass is 241 g/mol. The molecular formula is C12H23N3S. The SMILES string of the molecule is CCCCCCCCCN(N)c1nccs1. The Labute approximate surface area is 103 Å². The zero-order chi connectivity index (χ0) is 11.6. The maximum atomic E-state index is 5.88. The minimum Gasteiger partial charge on any atom is -0.286 e. The van der Waals surface area contributed by atoms with E-state index in [-0.39, 0.29) is 0 Å². The van der Waals surface area contributed by atoms with Gasteiger partial charge in [0.1, 0.15) is 0 Å². The summed E-state index contributed by atoms with van der Waals surface area (Å²) in [6.45, 7) is 3.17. The summed E-state index contributed by atoms with van der Waals surface area (Å²) in [6, 6.07) is 0. The van der Waals surface area contributed by atoms with Crippen molar-refractivity contribution in [3.05, 3.63) is 11.6 Å².